The number of Topliss-reactive ketones (excluding diaryl/α,β-unsaturated/α-hetero) is 1. The first-order valence-corrected chi connectivity index (χ1v) is 17.4. The van der Waals surface area contributed by atoms with Gasteiger partial charge < -0.3 is 41.0 Å². The maximum atomic E-state index is 14.2. The minimum Gasteiger partial charge on any atom is -0.502 e. The Kier molecular flexibility index (Phi) is 14.4. The van der Waals surface area contributed by atoms with Gasteiger partial charge in [0.15, 0.2) is 18.1 Å². The summed E-state index contributed by atoms with van der Waals surface area (Å²) in [6.07, 6.45) is -0.689. The molecular formula is C38H43N5O12. The number of nitro groups is 1. The number of aliphatic carboxylic acids is 1. The van der Waals surface area contributed by atoms with E-state index in [-0.39, 0.29) is 43.5 Å². The van der Waals surface area contributed by atoms with E-state index in [1.807, 2.05) is 0 Å². The number of aryl methyl sites for hydroxylation is 2. The number of carboxylic acid groups (broad SMARTS) is 1. The van der Waals surface area contributed by atoms with Gasteiger partial charge in [-0.05, 0) is 67.1 Å². The Labute approximate surface area is 315 Å². The van der Waals surface area contributed by atoms with Crippen LogP contribution in [0.15, 0.2) is 60.7 Å². The molecule has 3 amide bonds. The fourth-order valence-electron chi connectivity index (χ4n) is 6.23. The normalized spacial score (nSPS) is 14.7. The third-order valence-corrected chi connectivity index (χ3v) is 8.94. The Bertz CT molecular complexity index is 1910. The zero-order valence-corrected chi connectivity index (χ0v) is 30.3. The first-order valence-electron chi connectivity index (χ1n) is 17.4. The Morgan fingerprint density at radius 1 is 0.982 bits per heavy atom. The van der Waals surface area contributed by atoms with Gasteiger partial charge in [-0.2, -0.15) is 0 Å². The fourth-order valence-corrected chi connectivity index (χ4v) is 6.23. The molecule has 1 aliphatic rings. The number of ether oxygens (including phenoxy) is 2. The summed E-state index contributed by atoms with van der Waals surface area (Å²) in [6, 6.07) is 11.4. The lowest BCUT2D eigenvalue weighted by Gasteiger charge is -2.30. The van der Waals surface area contributed by atoms with Gasteiger partial charge in [0.05, 0.1) is 23.3 Å². The van der Waals surface area contributed by atoms with Crippen LogP contribution in [0.2, 0.25) is 0 Å². The lowest BCUT2D eigenvalue weighted by atomic mass is 10.0. The molecule has 6 N–H and O–H groups in total. The molecule has 0 spiro atoms. The molecule has 0 aliphatic carbocycles. The molecular weight excluding hydrogens is 718 g/mol. The molecule has 0 bridgehead atoms. The number of hydrogen-bond acceptors (Lipinski definition) is 12. The van der Waals surface area contributed by atoms with E-state index in [0.29, 0.717) is 35.4 Å². The Hall–Kier alpha value is -6.36. The number of amides is 3. The van der Waals surface area contributed by atoms with E-state index < -0.39 is 83.0 Å². The summed E-state index contributed by atoms with van der Waals surface area (Å²) < 4.78 is 10.7. The van der Waals surface area contributed by atoms with Crippen LogP contribution in [0.5, 0.6) is 11.5 Å². The molecule has 292 valence electrons. The highest BCUT2D eigenvalue weighted by molar-refractivity contribution is 5.98. The molecule has 17 heteroatoms. The predicted molar refractivity (Wildman–Crippen MR) is 195 cm³/mol. The van der Waals surface area contributed by atoms with E-state index in [1.54, 1.807) is 56.3 Å². The topological polar surface area (TPSA) is 258 Å². The van der Waals surface area contributed by atoms with E-state index in [9.17, 15) is 49.1 Å². The molecule has 1 unspecified atom stereocenters. The van der Waals surface area contributed by atoms with Gasteiger partial charge in [-0.1, -0.05) is 36.4 Å². The Balaban J connectivity index is 1.51. The minimum atomic E-state index is -1.59. The number of benzene rings is 3. The lowest BCUT2D eigenvalue weighted by Crippen LogP contribution is -2.56. The van der Waals surface area contributed by atoms with Crippen molar-refractivity contribution in [3.05, 3.63) is 98.6 Å². The monoisotopic (exact) mass is 761 g/mol. The summed E-state index contributed by atoms with van der Waals surface area (Å²) in [6.45, 7) is 3.26. The third kappa shape index (κ3) is 11.3. The summed E-state index contributed by atoms with van der Waals surface area (Å²) in [5.74, 6) is -5.24. The smallest absolute Gasteiger partial charge is 0.339 e. The van der Waals surface area contributed by atoms with Crippen LogP contribution in [0.4, 0.5) is 5.69 Å². The minimum absolute atomic E-state index is 0.0336. The lowest BCUT2D eigenvalue weighted by molar-refractivity contribution is -0.385. The number of aromatic hydroxyl groups is 1. The zero-order valence-electron chi connectivity index (χ0n) is 30.3. The van der Waals surface area contributed by atoms with Gasteiger partial charge in [-0.3, -0.25) is 34.1 Å². The summed E-state index contributed by atoms with van der Waals surface area (Å²) in [7, 11) is 0. The van der Waals surface area contributed by atoms with Crippen LogP contribution in [0, 0.1) is 24.0 Å². The van der Waals surface area contributed by atoms with Crippen molar-refractivity contribution < 1.29 is 53.4 Å². The van der Waals surface area contributed by atoms with Crippen LogP contribution in [-0.4, -0.2) is 99.9 Å². The molecule has 3 atom stereocenters. The number of nitrogens with zero attached hydrogens (tertiary/aromatic N) is 2. The van der Waals surface area contributed by atoms with E-state index in [1.165, 1.54) is 11.0 Å². The van der Waals surface area contributed by atoms with Crippen molar-refractivity contribution >= 4 is 41.1 Å². The van der Waals surface area contributed by atoms with Crippen LogP contribution in [0.3, 0.4) is 0 Å². The molecule has 1 saturated heterocycles. The average molecular weight is 762 g/mol. The van der Waals surface area contributed by atoms with Gasteiger partial charge in [0.1, 0.15) is 30.5 Å². The van der Waals surface area contributed by atoms with Gasteiger partial charge in [-0.25, -0.2) is 4.79 Å². The van der Waals surface area contributed by atoms with Gasteiger partial charge in [0, 0.05) is 25.6 Å². The average Bonchev–Trinajstić information content (AvgIpc) is 3.63. The summed E-state index contributed by atoms with van der Waals surface area (Å²) in [4.78, 5) is 90.5. The highest BCUT2D eigenvalue weighted by Crippen LogP contribution is 2.27. The summed E-state index contributed by atoms with van der Waals surface area (Å²) in [5, 5.41) is 35.7. The number of phenolic OH excluding ortho intramolecular Hbond substituents is 1. The number of likely N-dealkylation sites (tertiary alicyclic amines) is 1. The Morgan fingerprint density at radius 3 is 2.29 bits per heavy atom. The van der Waals surface area contributed by atoms with Crippen LogP contribution < -0.4 is 21.1 Å². The molecule has 1 fully saturated rings. The first kappa shape index (κ1) is 41.4. The molecule has 0 saturated carbocycles. The van der Waals surface area contributed by atoms with Crippen LogP contribution in [-0.2, 0) is 41.6 Å². The van der Waals surface area contributed by atoms with Crippen molar-refractivity contribution in [2.75, 3.05) is 26.3 Å². The van der Waals surface area contributed by atoms with Crippen LogP contribution >= 0.6 is 0 Å². The molecule has 3 aromatic rings. The molecule has 0 radical (unpaired) electrons. The second kappa shape index (κ2) is 19.1. The molecule has 1 aliphatic heterocycles. The van der Waals surface area contributed by atoms with E-state index >= 15 is 0 Å². The van der Waals surface area contributed by atoms with Crippen molar-refractivity contribution in [3.63, 3.8) is 0 Å². The van der Waals surface area contributed by atoms with E-state index in [0.717, 1.165) is 12.1 Å². The summed E-state index contributed by atoms with van der Waals surface area (Å²) in [5.41, 5.74) is 7.21. The van der Waals surface area contributed by atoms with Crippen molar-refractivity contribution in [1.82, 2.24) is 15.5 Å². The van der Waals surface area contributed by atoms with Crippen LogP contribution in [0.25, 0.3) is 0 Å². The number of rotatable bonds is 18. The zero-order chi connectivity index (χ0) is 40.2. The first-order chi connectivity index (χ1) is 26.2. The second-order valence-corrected chi connectivity index (χ2v) is 13.0. The molecule has 55 heavy (non-hydrogen) atoms. The maximum absolute atomic E-state index is 14.2. The number of carbonyl (C=O) groups is 6. The quantitative estimate of drug-likeness (QED) is 0.0706. The molecule has 4 rings (SSSR count). The molecule has 17 nitrogen and oxygen atoms in total. The molecule has 3 aromatic carbocycles. The number of esters is 1. The highest BCUT2D eigenvalue weighted by atomic mass is 16.6. The Morgan fingerprint density at radius 2 is 1.65 bits per heavy atom. The second-order valence-electron chi connectivity index (χ2n) is 13.0. The number of hydrogen-bond donors (Lipinski definition) is 5. The number of carboxylic acids is 1. The highest BCUT2D eigenvalue weighted by Gasteiger charge is 2.39. The third-order valence-electron chi connectivity index (χ3n) is 8.94. The van der Waals surface area contributed by atoms with E-state index in [2.05, 4.69) is 10.6 Å². The van der Waals surface area contributed by atoms with Crippen molar-refractivity contribution in [3.8, 4) is 11.5 Å². The van der Waals surface area contributed by atoms with Gasteiger partial charge in [0.25, 0.3) is 0 Å². The van der Waals surface area contributed by atoms with Crippen molar-refractivity contribution in [2.45, 2.75) is 64.1 Å². The maximum Gasteiger partial charge on any atom is 0.339 e. The number of nitrogens with one attached hydrogen (secondary N) is 2. The van der Waals surface area contributed by atoms with E-state index in [4.69, 9.17) is 15.2 Å². The number of nitrogens with two attached hydrogens (primary N) is 1. The largest absolute Gasteiger partial charge is 0.502 e. The number of phenols is 1. The van der Waals surface area contributed by atoms with Gasteiger partial charge >= 0.3 is 17.6 Å². The fraction of sp³-hybridized carbons (Fsp3) is 0.368. The summed E-state index contributed by atoms with van der Waals surface area (Å²) >= 11 is 0. The van der Waals surface area contributed by atoms with Gasteiger partial charge in [-0.15, -0.1) is 0 Å². The predicted octanol–water partition coefficient (Wildman–Crippen LogP) is 1.90. The number of nitro benzene ring substituents is 1. The number of carbonyl (C=O) groups excluding carboxylic acids is 5. The van der Waals surface area contributed by atoms with Crippen molar-refractivity contribution in [1.29, 1.82) is 0 Å². The van der Waals surface area contributed by atoms with Crippen molar-refractivity contribution in [2.24, 2.45) is 5.73 Å². The molecule has 0 aromatic heterocycles. The van der Waals surface area contributed by atoms with Crippen LogP contribution in [0.1, 0.15) is 51.9 Å². The standard InChI is InChI=1S/C38H43N5O12/c1-22-5-3-6-23(2)35(22)38(51)55-21-32(45)27(20-34(47)48)41-36(49)29-7-4-15-42(29)37(50)28(17-24-8-11-26(12-9-24)54-16-14-39)40-33(46)19-25-10-13-31(44)30(18-25)43(52)53/h3,5-6,8-13,18,27-29,44H,4,7,14-17,19-21,39H2,1-2H3,(H,40,46)(H,41,49)(H,47,48)/t27-,28-,29?/m0/s1. The molecule has 1 heterocycles. The SMILES string of the molecule is Cc1cccc(C)c1C(=O)OCC(=O)[C@H](CC(=O)O)NC(=O)C1CCCN1C(=O)[C@H](Cc1ccc(OCCN)cc1)NC(=O)Cc1ccc(O)c([N+](=O)[O-])c1. The van der Waals surface area contributed by atoms with Gasteiger partial charge in [0.2, 0.25) is 17.7 Å². The number of ketones is 1.